The first-order valence-electron chi connectivity index (χ1n) is 8.71. The first kappa shape index (κ1) is 22.2. The van der Waals surface area contributed by atoms with Gasteiger partial charge in [0.2, 0.25) is 5.91 Å². The summed E-state index contributed by atoms with van der Waals surface area (Å²) >= 11 is 0. The van der Waals surface area contributed by atoms with Gasteiger partial charge in [0.05, 0.1) is 12.1 Å². The molecule has 0 spiro atoms. The fourth-order valence-electron chi connectivity index (χ4n) is 3.46. The predicted molar refractivity (Wildman–Crippen MR) is 105 cm³/mol. The van der Waals surface area contributed by atoms with E-state index in [2.05, 4.69) is 10.2 Å². The van der Waals surface area contributed by atoms with Crippen LogP contribution in [0.4, 0.5) is 0 Å². The Labute approximate surface area is 162 Å². The minimum Gasteiger partial charge on any atom is -0.387 e. The molecule has 2 heterocycles. The monoisotopic (exact) mass is 389 g/mol. The molecule has 0 saturated carbocycles. The topological polar surface area (TPSA) is 55.8 Å². The van der Waals surface area contributed by atoms with Crippen LogP contribution in [0.2, 0.25) is 0 Å². The molecule has 0 aromatic heterocycles. The molecule has 0 aliphatic carbocycles. The van der Waals surface area contributed by atoms with Crippen LogP contribution in [0.5, 0.6) is 0 Å². The molecule has 1 unspecified atom stereocenters. The largest absolute Gasteiger partial charge is 0.387 e. The number of benzene rings is 1. The van der Waals surface area contributed by atoms with E-state index in [-0.39, 0.29) is 36.8 Å². The van der Waals surface area contributed by atoms with Crippen LogP contribution >= 0.6 is 24.8 Å². The Bertz CT molecular complexity index is 504. The fraction of sp³-hybridized carbons (Fsp3) is 0.611. The maximum atomic E-state index is 12.5. The van der Waals surface area contributed by atoms with Crippen molar-refractivity contribution in [3.05, 3.63) is 35.9 Å². The van der Waals surface area contributed by atoms with Crippen molar-refractivity contribution in [2.45, 2.75) is 31.4 Å². The van der Waals surface area contributed by atoms with Crippen LogP contribution in [0.25, 0.3) is 0 Å². The Hall–Kier alpha value is -0.850. The van der Waals surface area contributed by atoms with Gasteiger partial charge in [-0.05, 0) is 24.9 Å². The van der Waals surface area contributed by atoms with E-state index in [0.29, 0.717) is 6.54 Å². The molecule has 2 aliphatic rings. The zero-order valence-corrected chi connectivity index (χ0v) is 16.1. The highest BCUT2D eigenvalue weighted by atomic mass is 35.5. The van der Waals surface area contributed by atoms with Gasteiger partial charge in [-0.3, -0.25) is 9.69 Å². The number of piperazine rings is 1. The minimum absolute atomic E-state index is 0. The number of nitrogens with zero attached hydrogens (tertiary/aromatic N) is 2. The van der Waals surface area contributed by atoms with Gasteiger partial charge in [-0.2, -0.15) is 0 Å². The number of carbonyl (C=O) groups is 1. The van der Waals surface area contributed by atoms with Crippen molar-refractivity contribution in [2.24, 2.45) is 0 Å². The highest BCUT2D eigenvalue weighted by molar-refractivity contribution is 5.85. The van der Waals surface area contributed by atoms with Crippen molar-refractivity contribution in [3.63, 3.8) is 0 Å². The van der Waals surface area contributed by atoms with E-state index in [0.717, 1.165) is 51.1 Å². The SMILES string of the molecule is Cl.Cl.O=C([C@H]1CCCCN1)N1CCN(CC(O)c2ccccc2)CC1. The van der Waals surface area contributed by atoms with Crippen LogP contribution in [-0.4, -0.2) is 66.1 Å². The van der Waals surface area contributed by atoms with Crippen molar-refractivity contribution in [2.75, 3.05) is 39.3 Å². The molecule has 1 amide bonds. The van der Waals surface area contributed by atoms with Gasteiger partial charge >= 0.3 is 0 Å². The van der Waals surface area contributed by atoms with Gasteiger partial charge in [0.1, 0.15) is 0 Å². The molecule has 142 valence electrons. The lowest BCUT2D eigenvalue weighted by atomic mass is 10.0. The number of piperidine rings is 1. The molecule has 0 radical (unpaired) electrons. The normalized spacial score (nSPS) is 22.4. The van der Waals surface area contributed by atoms with Gasteiger partial charge in [0.15, 0.2) is 0 Å². The van der Waals surface area contributed by atoms with E-state index in [4.69, 9.17) is 0 Å². The molecule has 7 heteroatoms. The number of hydrogen-bond acceptors (Lipinski definition) is 4. The number of β-amino-alcohol motifs (C(OH)–C–C–N with tert-alkyl or cyclic N) is 1. The summed E-state index contributed by atoms with van der Waals surface area (Å²) in [4.78, 5) is 16.7. The second kappa shape index (κ2) is 11.0. The first-order chi connectivity index (χ1) is 11.2. The number of hydrogen-bond donors (Lipinski definition) is 2. The Morgan fingerprint density at radius 3 is 2.40 bits per heavy atom. The van der Waals surface area contributed by atoms with Crippen molar-refractivity contribution < 1.29 is 9.90 Å². The maximum Gasteiger partial charge on any atom is 0.239 e. The van der Waals surface area contributed by atoms with Crippen molar-refractivity contribution in [3.8, 4) is 0 Å². The molecule has 3 rings (SSSR count). The van der Waals surface area contributed by atoms with Gasteiger partial charge < -0.3 is 15.3 Å². The van der Waals surface area contributed by atoms with E-state index < -0.39 is 6.10 Å². The summed E-state index contributed by atoms with van der Waals surface area (Å²) in [5, 5.41) is 13.7. The Morgan fingerprint density at radius 1 is 1.12 bits per heavy atom. The predicted octanol–water partition coefficient (Wildman–Crippen LogP) is 1.85. The number of halogens is 2. The van der Waals surface area contributed by atoms with Crippen LogP contribution in [0.1, 0.15) is 30.9 Å². The number of rotatable bonds is 4. The van der Waals surface area contributed by atoms with Crippen LogP contribution in [0.3, 0.4) is 0 Å². The standard InChI is InChI=1S/C18H27N3O2.2ClH/c22-17(15-6-2-1-3-7-15)14-20-10-12-21(13-11-20)18(23)16-8-4-5-9-19-16;;/h1-3,6-7,16-17,19,22H,4-5,8-14H2;2*1H/t16-,17?;;/m1../s1. The fourth-order valence-corrected chi connectivity index (χ4v) is 3.46. The molecular weight excluding hydrogens is 361 g/mol. The van der Waals surface area contributed by atoms with Crippen LogP contribution in [-0.2, 0) is 4.79 Å². The molecule has 2 saturated heterocycles. The molecular formula is C18H29Cl2N3O2. The summed E-state index contributed by atoms with van der Waals surface area (Å²) in [6.07, 6.45) is 2.83. The zero-order chi connectivity index (χ0) is 16.1. The second-order valence-electron chi connectivity index (χ2n) is 6.55. The summed E-state index contributed by atoms with van der Waals surface area (Å²) in [7, 11) is 0. The average Bonchev–Trinajstić information content (AvgIpc) is 2.63. The molecule has 5 nitrogen and oxygen atoms in total. The number of amides is 1. The van der Waals surface area contributed by atoms with E-state index >= 15 is 0 Å². The third-order valence-electron chi connectivity index (χ3n) is 4.91. The molecule has 1 aromatic carbocycles. The number of aliphatic hydroxyl groups is 1. The molecule has 2 atom stereocenters. The smallest absolute Gasteiger partial charge is 0.239 e. The van der Waals surface area contributed by atoms with E-state index in [1.807, 2.05) is 35.2 Å². The van der Waals surface area contributed by atoms with Gasteiger partial charge in [0, 0.05) is 32.7 Å². The minimum atomic E-state index is -0.460. The molecule has 0 bridgehead atoms. The third-order valence-corrected chi connectivity index (χ3v) is 4.91. The maximum absolute atomic E-state index is 12.5. The summed E-state index contributed by atoms with van der Waals surface area (Å²) in [5.74, 6) is 0.257. The quantitative estimate of drug-likeness (QED) is 0.824. The van der Waals surface area contributed by atoms with E-state index in [9.17, 15) is 9.90 Å². The molecule has 2 aliphatic heterocycles. The molecule has 2 N–H and O–H groups in total. The summed E-state index contributed by atoms with van der Waals surface area (Å²) in [5.41, 5.74) is 0.956. The lowest BCUT2D eigenvalue weighted by Crippen LogP contribution is -2.55. The highest BCUT2D eigenvalue weighted by Crippen LogP contribution is 2.16. The Kier molecular flexibility index (Phi) is 9.75. The summed E-state index contributed by atoms with van der Waals surface area (Å²) in [6, 6.07) is 9.79. The summed E-state index contributed by atoms with van der Waals surface area (Å²) < 4.78 is 0. The van der Waals surface area contributed by atoms with Crippen molar-refractivity contribution >= 4 is 30.7 Å². The number of carbonyl (C=O) groups excluding carboxylic acids is 1. The van der Waals surface area contributed by atoms with Gasteiger partial charge in [-0.25, -0.2) is 0 Å². The Balaban J connectivity index is 0.00000156. The first-order valence-corrected chi connectivity index (χ1v) is 8.71. The van der Waals surface area contributed by atoms with Crippen molar-refractivity contribution in [1.82, 2.24) is 15.1 Å². The van der Waals surface area contributed by atoms with Crippen LogP contribution in [0.15, 0.2) is 30.3 Å². The average molecular weight is 390 g/mol. The van der Waals surface area contributed by atoms with Crippen molar-refractivity contribution in [1.29, 1.82) is 0 Å². The lowest BCUT2D eigenvalue weighted by Gasteiger charge is -2.38. The van der Waals surface area contributed by atoms with Gasteiger partial charge in [-0.15, -0.1) is 24.8 Å². The van der Waals surface area contributed by atoms with Crippen LogP contribution in [0, 0.1) is 0 Å². The molecule has 1 aromatic rings. The number of nitrogens with one attached hydrogen (secondary N) is 1. The third kappa shape index (κ3) is 6.12. The molecule has 25 heavy (non-hydrogen) atoms. The van der Waals surface area contributed by atoms with E-state index in [1.165, 1.54) is 6.42 Å². The van der Waals surface area contributed by atoms with E-state index in [1.54, 1.807) is 0 Å². The van der Waals surface area contributed by atoms with Crippen LogP contribution < -0.4 is 5.32 Å². The van der Waals surface area contributed by atoms with Gasteiger partial charge in [0.25, 0.3) is 0 Å². The zero-order valence-electron chi connectivity index (χ0n) is 14.5. The highest BCUT2D eigenvalue weighted by Gasteiger charge is 2.28. The van der Waals surface area contributed by atoms with Gasteiger partial charge in [-0.1, -0.05) is 36.8 Å². The second-order valence-corrected chi connectivity index (χ2v) is 6.55. The lowest BCUT2D eigenvalue weighted by molar-refractivity contribution is -0.136. The molecule has 2 fully saturated rings. The Morgan fingerprint density at radius 2 is 1.80 bits per heavy atom. The summed E-state index contributed by atoms with van der Waals surface area (Å²) in [6.45, 7) is 4.79. The number of aliphatic hydroxyl groups excluding tert-OH is 1.